The highest BCUT2D eigenvalue weighted by molar-refractivity contribution is 9.10. The number of rotatable bonds is 4. The van der Waals surface area contributed by atoms with Crippen LogP contribution in [0.3, 0.4) is 0 Å². The molecule has 0 aliphatic carbocycles. The van der Waals surface area contributed by atoms with E-state index >= 15 is 0 Å². The van der Waals surface area contributed by atoms with Gasteiger partial charge in [-0.2, -0.15) is 0 Å². The number of hydrogen-bond acceptors (Lipinski definition) is 5. The van der Waals surface area contributed by atoms with E-state index in [0.717, 1.165) is 4.47 Å². The molecule has 1 aliphatic rings. The summed E-state index contributed by atoms with van der Waals surface area (Å²) in [6.45, 7) is 6.17. The molecular formula is C18H25BrN2O5S. The number of amides is 2. The van der Waals surface area contributed by atoms with Gasteiger partial charge in [-0.05, 0) is 57.9 Å². The third kappa shape index (κ3) is 6.80. The largest absolute Gasteiger partial charge is 0.444 e. The molecule has 150 valence electrons. The molecule has 1 aromatic carbocycles. The van der Waals surface area contributed by atoms with Crippen LogP contribution < -0.4 is 5.32 Å². The number of piperidine rings is 1. The Kier molecular flexibility index (Phi) is 6.91. The van der Waals surface area contributed by atoms with Crippen molar-refractivity contribution >= 4 is 37.8 Å². The van der Waals surface area contributed by atoms with Crippen LogP contribution in [0, 0.1) is 0 Å². The van der Waals surface area contributed by atoms with Crippen LogP contribution in [0.5, 0.6) is 0 Å². The minimum atomic E-state index is -3.68. The van der Waals surface area contributed by atoms with Crippen LogP contribution in [0.1, 0.15) is 33.6 Å². The van der Waals surface area contributed by atoms with E-state index in [4.69, 9.17) is 4.74 Å². The lowest BCUT2D eigenvalue weighted by atomic mass is 10.1. The number of nitrogens with zero attached hydrogens (tertiary/aromatic N) is 1. The van der Waals surface area contributed by atoms with E-state index in [0.29, 0.717) is 25.9 Å². The Morgan fingerprint density at radius 2 is 1.74 bits per heavy atom. The highest BCUT2D eigenvalue weighted by Gasteiger charge is 2.28. The summed E-state index contributed by atoms with van der Waals surface area (Å²) in [6.07, 6.45) is 0.636. The summed E-state index contributed by atoms with van der Waals surface area (Å²) in [7, 11) is -3.68. The lowest BCUT2D eigenvalue weighted by Gasteiger charge is -2.32. The van der Waals surface area contributed by atoms with E-state index in [1.807, 2.05) is 0 Å². The lowest BCUT2D eigenvalue weighted by Crippen LogP contribution is -2.48. The van der Waals surface area contributed by atoms with Crippen LogP contribution in [0.15, 0.2) is 33.6 Å². The molecule has 1 fully saturated rings. The molecule has 1 N–H and O–H groups in total. The number of hydrogen-bond donors (Lipinski definition) is 1. The molecule has 1 saturated heterocycles. The molecule has 1 heterocycles. The highest BCUT2D eigenvalue weighted by atomic mass is 79.9. The molecule has 7 nitrogen and oxygen atoms in total. The number of alkyl carbamates (subject to hydrolysis) is 1. The average molecular weight is 461 g/mol. The fourth-order valence-electron chi connectivity index (χ4n) is 2.73. The minimum Gasteiger partial charge on any atom is -0.444 e. The maximum absolute atomic E-state index is 12.4. The van der Waals surface area contributed by atoms with Crippen molar-refractivity contribution in [2.24, 2.45) is 0 Å². The van der Waals surface area contributed by atoms with Crippen molar-refractivity contribution in [2.45, 2.75) is 50.2 Å². The number of likely N-dealkylation sites (tertiary alicyclic amines) is 1. The number of carbonyl (C=O) groups excluding carboxylic acids is 2. The van der Waals surface area contributed by atoms with E-state index in [1.165, 1.54) is 17.0 Å². The fraction of sp³-hybridized carbons (Fsp3) is 0.556. The van der Waals surface area contributed by atoms with Gasteiger partial charge in [-0.15, -0.1) is 0 Å². The maximum Gasteiger partial charge on any atom is 0.407 e. The zero-order chi connectivity index (χ0) is 20.2. The van der Waals surface area contributed by atoms with Crippen molar-refractivity contribution in [3.8, 4) is 0 Å². The van der Waals surface area contributed by atoms with Gasteiger partial charge in [0, 0.05) is 23.6 Å². The van der Waals surface area contributed by atoms with Crippen molar-refractivity contribution in [3.63, 3.8) is 0 Å². The normalized spacial score (nSPS) is 16.1. The summed E-state index contributed by atoms with van der Waals surface area (Å²) >= 11 is 3.26. The van der Waals surface area contributed by atoms with Gasteiger partial charge in [0.25, 0.3) is 0 Å². The topological polar surface area (TPSA) is 92.8 Å². The van der Waals surface area contributed by atoms with Gasteiger partial charge in [0.15, 0.2) is 9.84 Å². The summed E-state index contributed by atoms with van der Waals surface area (Å²) in [5.41, 5.74) is -0.567. The molecule has 0 aromatic heterocycles. The second kappa shape index (κ2) is 8.60. The van der Waals surface area contributed by atoms with E-state index < -0.39 is 33.2 Å². The quantitative estimate of drug-likeness (QED) is 0.745. The lowest BCUT2D eigenvalue weighted by molar-refractivity contribution is -0.129. The Labute approximate surface area is 168 Å². The van der Waals surface area contributed by atoms with E-state index in [1.54, 1.807) is 32.9 Å². The molecule has 0 spiro atoms. The Hall–Kier alpha value is -1.61. The fourth-order valence-corrected chi connectivity index (χ4v) is 4.22. The van der Waals surface area contributed by atoms with Crippen molar-refractivity contribution in [2.75, 3.05) is 18.8 Å². The molecule has 0 saturated carbocycles. The van der Waals surface area contributed by atoms with Crippen molar-refractivity contribution in [1.29, 1.82) is 0 Å². The molecule has 0 radical (unpaired) electrons. The standard InChI is InChI=1S/C18H25BrN2O5S/c1-18(2,3)26-17(23)20-14-8-10-21(11-9-14)16(22)12-27(24,25)15-6-4-13(19)5-7-15/h4-7,14H,8-12H2,1-3H3,(H,20,23). The molecule has 0 bridgehead atoms. The monoisotopic (exact) mass is 460 g/mol. The number of nitrogens with one attached hydrogen (secondary N) is 1. The summed E-state index contributed by atoms with van der Waals surface area (Å²) in [4.78, 5) is 25.9. The van der Waals surface area contributed by atoms with Crippen molar-refractivity contribution in [1.82, 2.24) is 10.2 Å². The molecular weight excluding hydrogens is 436 g/mol. The second-order valence-corrected chi connectivity index (χ2v) is 10.4. The Bertz CT molecular complexity index is 779. The Balaban J connectivity index is 1.86. The first-order chi connectivity index (χ1) is 12.5. The van der Waals surface area contributed by atoms with Crippen LogP contribution in [0.25, 0.3) is 0 Å². The SMILES string of the molecule is CC(C)(C)OC(=O)NC1CCN(C(=O)CS(=O)(=O)c2ccc(Br)cc2)CC1. The molecule has 27 heavy (non-hydrogen) atoms. The minimum absolute atomic E-state index is 0.0908. The van der Waals surface area contributed by atoms with Gasteiger partial charge in [-0.3, -0.25) is 4.79 Å². The first-order valence-electron chi connectivity index (χ1n) is 8.72. The van der Waals surface area contributed by atoms with Gasteiger partial charge < -0.3 is 15.0 Å². The molecule has 1 aromatic rings. The Morgan fingerprint density at radius 3 is 2.26 bits per heavy atom. The van der Waals surface area contributed by atoms with Crippen LogP contribution in [0.4, 0.5) is 4.79 Å². The number of benzene rings is 1. The van der Waals surface area contributed by atoms with E-state index in [-0.39, 0.29) is 10.9 Å². The van der Waals surface area contributed by atoms with Gasteiger partial charge >= 0.3 is 6.09 Å². The van der Waals surface area contributed by atoms with Crippen LogP contribution in [-0.4, -0.2) is 55.8 Å². The van der Waals surface area contributed by atoms with Gasteiger partial charge in [0.2, 0.25) is 5.91 Å². The highest BCUT2D eigenvalue weighted by Crippen LogP contribution is 2.18. The first kappa shape index (κ1) is 21.7. The Morgan fingerprint density at radius 1 is 1.19 bits per heavy atom. The summed E-state index contributed by atoms with van der Waals surface area (Å²) < 4.78 is 30.8. The smallest absolute Gasteiger partial charge is 0.407 e. The predicted octanol–water partition coefficient (Wildman–Crippen LogP) is 2.74. The third-order valence-electron chi connectivity index (χ3n) is 4.05. The van der Waals surface area contributed by atoms with Gasteiger partial charge in [0.05, 0.1) is 4.90 Å². The molecule has 1 aliphatic heterocycles. The zero-order valence-electron chi connectivity index (χ0n) is 15.7. The van der Waals surface area contributed by atoms with Gasteiger partial charge in [-0.1, -0.05) is 15.9 Å². The molecule has 2 amide bonds. The predicted molar refractivity (Wildman–Crippen MR) is 105 cm³/mol. The van der Waals surface area contributed by atoms with E-state index in [9.17, 15) is 18.0 Å². The van der Waals surface area contributed by atoms with Crippen LogP contribution in [0.2, 0.25) is 0 Å². The van der Waals surface area contributed by atoms with Crippen LogP contribution >= 0.6 is 15.9 Å². The van der Waals surface area contributed by atoms with Crippen molar-refractivity contribution < 1.29 is 22.7 Å². The number of ether oxygens (including phenoxy) is 1. The molecule has 2 rings (SSSR count). The molecule has 0 unspecified atom stereocenters. The third-order valence-corrected chi connectivity index (χ3v) is 6.20. The van der Waals surface area contributed by atoms with Crippen LogP contribution in [-0.2, 0) is 19.4 Å². The second-order valence-electron chi connectivity index (χ2n) is 7.51. The van der Waals surface area contributed by atoms with Gasteiger partial charge in [-0.25, -0.2) is 13.2 Å². The van der Waals surface area contributed by atoms with E-state index in [2.05, 4.69) is 21.2 Å². The van der Waals surface area contributed by atoms with Crippen molar-refractivity contribution in [3.05, 3.63) is 28.7 Å². The molecule has 9 heteroatoms. The maximum atomic E-state index is 12.4. The number of halogens is 1. The summed E-state index contributed by atoms with van der Waals surface area (Å²) in [6, 6.07) is 6.12. The number of carbonyl (C=O) groups is 2. The van der Waals surface area contributed by atoms with Gasteiger partial charge in [0.1, 0.15) is 11.4 Å². The average Bonchev–Trinajstić information content (AvgIpc) is 2.53. The first-order valence-corrected chi connectivity index (χ1v) is 11.2. The summed E-state index contributed by atoms with van der Waals surface area (Å²) in [5, 5.41) is 2.79. The summed E-state index contributed by atoms with van der Waals surface area (Å²) in [5.74, 6) is -0.979. The number of sulfone groups is 1. The molecule has 0 atom stereocenters. The zero-order valence-corrected chi connectivity index (χ0v) is 18.1.